The molecule has 0 amide bonds. The summed E-state index contributed by atoms with van der Waals surface area (Å²) in [6.45, 7) is 2.39. The van der Waals surface area contributed by atoms with Crippen LogP contribution in [0.1, 0.15) is 6.92 Å². The zero-order chi connectivity index (χ0) is 8.63. The third-order valence-electron chi connectivity index (χ3n) is 3.06. The topological polar surface area (TPSA) is 46.2 Å². The van der Waals surface area contributed by atoms with E-state index in [4.69, 9.17) is 23.7 Å². The van der Waals surface area contributed by atoms with Crippen LogP contribution in [0.3, 0.4) is 0 Å². The van der Waals surface area contributed by atoms with Crippen molar-refractivity contribution >= 4 is 0 Å². The van der Waals surface area contributed by atoms with E-state index >= 15 is 0 Å². The van der Waals surface area contributed by atoms with E-state index in [9.17, 15) is 0 Å². The van der Waals surface area contributed by atoms with Gasteiger partial charge in [-0.2, -0.15) is 0 Å². The van der Waals surface area contributed by atoms with E-state index in [0.717, 1.165) is 0 Å². The molecule has 4 fully saturated rings. The van der Waals surface area contributed by atoms with Crippen LogP contribution in [0.25, 0.3) is 0 Å². The summed E-state index contributed by atoms with van der Waals surface area (Å²) in [5, 5.41) is 0. The highest BCUT2D eigenvalue weighted by Gasteiger charge is 2.67. The number of hydrogen-bond acceptors (Lipinski definition) is 5. The van der Waals surface area contributed by atoms with Gasteiger partial charge in [0.15, 0.2) is 6.29 Å². The molecule has 4 saturated heterocycles. The van der Waals surface area contributed by atoms with Crippen LogP contribution in [0.5, 0.6) is 0 Å². The van der Waals surface area contributed by atoms with Gasteiger partial charge in [-0.05, 0) is 0 Å². The lowest BCUT2D eigenvalue weighted by Crippen LogP contribution is -2.54. The van der Waals surface area contributed by atoms with Crippen LogP contribution in [0.4, 0.5) is 0 Å². The summed E-state index contributed by atoms with van der Waals surface area (Å²) in [5.74, 6) is -0.859. The zero-order valence-electron chi connectivity index (χ0n) is 7.14. The second-order valence-corrected chi connectivity index (χ2v) is 3.99. The summed E-state index contributed by atoms with van der Waals surface area (Å²) in [4.78, 5) is 0. The van der Waals surface area contributed by atoms with Crippen LogP contribution < -0.4 is 0 Å². The smallest absolute Gasteiger partial charge is 0.281 e. The van der Waals surface area contributed by atoms with Crippen molar-refractivity contribution in [2.75, 3.05) is 6.61 Å². The molecule has 0 aliphatic carbocycles. The highest BCUT2D eigenvalue weighted by Crippen LogP contribution is 2.48. The second kappa shape index (κ2) is 1.92. The highest BCUT2D eigenvalue weighted by atomic mass is 16.9. The standard InChI is InChI=1S/C8H10O5/c1-8-11-3-2-9-7-6(13-8)5(12-8)4(3)10-7/h3-7H,2H2,1H3. The van der Waals surface area contributed by atoms with Gasteiger partial charge in [-0.25, -0.2) is 0 Å². The molecule has 4 aliphatic rings. The summed E-state index contributed by atoms with van der Waals surface area (Å²) >= 11 is 0. The maximum absolute atomic E-state index is 5.60. The van der Waals surface area contributed by atoms with Crippen molar-refractivity contribution in [3.05, 3.63) is 0 Å². The Morgan fingerprint density at radius 1 is 1.08 bits per heavy atom. The Morgan fingerprint density at radius 2 is 1.92 bits per heavy atom. The predicted octanol–water partition coefficient (Wildman–Crippen LogP) is -0.402. The van der Waals surface area contributed by atoms with E-state index in [-0.39, 0.29) is 30.7 Å². The fourth-order valence-corrected chi connectivity index (χ4v) is 2.58. The average Bonchev–Trinajstić information content (AvgIpc) is 2.51. The molecule has 4 rings (SSSR count). The lowest BCUT2D eigenvalue weighted by molar-refractivity contribution is -0.430. The molecule has 0 N–H and O–H groups in total. The minimum atomic E-state index is -0.859. The number of fused-ring (bicyclic) bond motifs is 3. The molecular weight excluding hydrogens is 176 g/mol. The van der Waals surface area contributed by atoms with Crippen LogP contribution in [-0.2, 0) is 23.7 Å². The van der Waals surface area contributed by atoms with Gasteiger partial charge >= 0.3 is 0 Å². The molecule has 0 saturated carbocycles. The molecule has 0 aromatic rings. The Bertz CT molecular complexity index is 265. The van der Waals surface area contributed by atoms with Gasteiger partial charge < -0.3 is 23.7 Å². The fraction of sp³-hybridized carbons (Fsp3) is 1.00. The SMILES string of the molecule is CC12OC3COC4OC3C(O1)C4O2. The minimum absolute atomic E-state index is 0.000625. The lowest BCUT2D eigenvalue weighted by Gasteiger charge is -2.41. The van der Waals surface area contributed by atoms with Gasteiger partial charge in [0.2, 0.25) is 0 Å². The Labute approximate surface area is 74.8 Å². The predicted molar refractivity (Wildman–Crippen MR) is 37.6 cm³/mol. The van der Waals surface area contributed by atoms with Gasteiger partial charge in [0.1, 0.15) is 24.4 Å². The quantitative estimate of drug-likeness (QED) is 0.515. The van der Waals surface area contributed by atoms with E-state index in [1.54, 1.807) is 6.92 Å². The molecule has 6 unspecified atom stereocenters. The summed E-state index contributed by atoms with van der Waals surface area (Å²) in [5.41, 5.74) is 0. The van der Waals surface area contributed by atoms with Gasteiger partial charge in [0.25, 0.3) is 5.97 Å². The van der Waals surface area contributed by atoms with Gasteiger partial charge in [-0.3, -0.25) is 0 Å². The molecular formula is C8H10O5. The monoisotopic (exact) mass is 186 g/mol. The summed E-state index contributed by atoms with van der Waals surface area (Å²) in [6.07, 6.45) is -0.400. The Morgan fingerprint density at radius 3 is 2.85 bits per heavy atom. The van der Waals surface area contributed by atoms with Gasteiger partial charge in [-0.1, -0.05) is 0 Å². The Kier molecular flexibility index (Phi) is 1.05. The molecule has 0 spiro atoms. The number of rotatable bonds is 0. The molecule has 4 bridgehead atoms. The zero-order valence-corrected chi connectivity index (χ0v) is 7.14. The van der Waals surface area contributed by atoms with Crippen molar-refractivity contribution in [2.24, 2.45) is 0 Å². The van der Waals surface area contributed by atoms with Crippen molar-refractivity contribution in [2.45, 2.75) is 43.6 Å². The Balaban J connectivity index is 1.84. The van der Waals surface area contributed by atoms with Crippen molar-refractivity contribution in [3.63, 3.8) is 0 Å². The molecule has 4 heterocycles. The number of hydrogen-bond donors (Lipinski definition) is 0. The summed E-state index contributed by atoms with van der Waals surface area (Å²) in [6, 6.07) is 0. The average molecular weight is 186 g/mol. The number of ether oxygens (including phenoxy) is 5. The van der Waals surface area contributed by atoms with Crippen molar-refractivity contribution in [3.8, 4) is 0 Å². The Hall–Kier alpha value is -0.200. The third-order valence-corrected chi connectivity index (χ3v) is 3.06. The first-order valence-corrected chi connectivity index (χ1v) is 4.56. The van der Waals surface area contributed by atoms with E-state index in [0.29, 0.717) is 6.61 Å². The molecule has 0 radical (unpaired) electrons. The van der Waals surface area contributed by atoms with E-state index in [1.807, 2.05) is 0 Å². The van der Waals surface area contributed by atoms with Crippen molar-refractivity contribution in [1.82, 2.24) is 0 Å². The molecule has 5 heteroatoms. The molecule has 72 valence electrons. The van der Waals surface area contributed by atoms with Crippen LogP contribution in [0.15, 0.2) is 0 Å². The molecule has 13 heavy (non-hydrogen) atoms. The van der Waals surface area contributed by atoms with Crippen molar-refractivity contribution < 1.29 is 23.7 Å². The van der Waals surface area contributed by atoms with Crippen LogP contribution in [0, 0.1) is 0 Å². The first-order valence-electron chi connectivity index (χ1n) is 4.56. The van der Waals surface area contributed by atoms with Crippen LogP contribution in [0.2, 0.25) is 0 Å². The largest absolute Gasteiger partial charge is 0.347 e. The fourth-order valence-electron chi connectivity index (χ4n) is 2.58. The van der Waals surface area contributed by atoms with Gasteiger partial charge in [0.05, 0.1) is 6.61 Å². The van der Waals surface area contributed by atoms with E-state index in [2.05, 4.69) is 0 Å². The second-order valence-electron chi connectivity index (χ2n) is 3.99. The van der Waals surface area contributed by atoms with Crippen LogP contribution >= 0.6 is 0 Å². The first kappa shape index (κ1) is 7.14. The maximum atomic E-state index is 5.60. The normalized spacial score (nSPS) is 67.6. The molecule has 6 atom stereocenters. The highest BCUT2D eigenvalue weighted by molar-refractivity contribution is 5.03. The van der Waals surface area contributed by atoms with Gasteiger partial charge in [0, 0.05) is 6.92 Å². The molecule has 0 aromatic carbocycles. The molecule has 0 aromatic heterocycles. The molecule has 4 aliphatic heterocycles. The van der Waals surface area contributed by atoms with E-state index in [1.165, 1.54) is 0 Å². The summed E-state index contributed by atoms with van der Waals surface area (Å²) < 4.78 is 27.8. The van der Waals surface area contributed by atoms with Gasteiger partial charge in [-0.15, -0.1) is 0 Å². The van der Waals surface area contributed by atoms with Crippen LogP contribution in [-0.4, -0.2) is 43.3 Å². The minimum Gasteiger partial charge on any atom is -0.347 e. The third kappa shape index (κ3) is 0.715. The molecule has 5 nitrogen and oxygen atoms in total. The summed E-state index contributed by atoms with van der Waals surface area (Å²) in [7, 11) is 0. The lowest BCUT2D eigenvalue weighted by atomic mass is 10.1. The van der Waals surface area contributed by atoms with E-state index < -0.39 is 5.97 Å². The van der Waals surface area contributed by atoms with Crippen molar-refractivity contribution in [1.29, 1.82) is 0 Å². The first-order chi connectivity index (χ1) is 6.25. The maximum Gasteiger partial charge on any atom is 0.281 e.